The number of halogens is 3. The monoisotopic (exact) mass is 422 g/mol. The molecule has 0 saturated carbocycles. The number of carbonyl (C=O) groups is 1. The van der Waals surface area contributed by atoms with Crippen molar-refractivity contribution in [2.75, 3.05) is 26.4 Å². The summed E-state index contributed by atoms with van der Waals surface area (Å²) in [6.45, 7) is 2.56. The van der Waals surface area contributed by atoms with Crippen LogP contribution in [-0.4, -0.2) is 53.2 Å². The van der Waals surface area contributed by atoms with E-state index in [4.69, 9.17) is 9.47 Å². The lowest BCUT2D eigenvalue weighted by atomic mass is 9.91. The minimum atomic E-state index is -4.53. The van der Waals surface area contributed by atoms with E-state index in [2.05, 4.69) is 15.3 Å². The van der Waals surface area contributed by atoms with Crippen molar-refractivity contribution in [3.8, 4) is 11.6 Å². The van der Waals surface area contributed by atoms with Gasteiger partial charge in [-0.05, 0) is 24.1 Å². The molecule has 4 rings (SSSR count). The van der Waals surface area contributed by atoms with Crippen molar-refractivity contribution in [1.82, 2.24) is 20.2 Å². The maximum Gasteiger partial charge on any atom is 0.434 e. The molecule has 1 aromatic heterocycles. The number of hydrogen-bond donors (Lipinski definition) is 1. The Morgan fingerprint density at radius 1 is 1.20 bits per heavy atom. The number of benzene rings is 1. The molecule has 10 heteroatoms. The fourth-order valence-corrected chi connectivity index (χ4v) is 3.42. The normalized spacial score (nSPS) is 19.6. The number of carbonyl (C=O) groups excluding carboxylic acids is 1. The van der Waals surface area contributed by atoms with E-state index < -0.39 is 11.9 Å². The van der Waals surface area contributed by atoms with Crippen molar-refractivity contribution >= 4 is 5.91 Å². The molecule has 2 aromatic rings. The zero-order chi connectivity index (χ0) is 21.1. The summed E-state index contributed by atoms with van der Waals surface area (Å²) in [5.41, 5.74) is 0.0119. The molecule has 0 unspecified atom stereocenters. The van der Waals surface area contributed by atoms with Crippen molar-refractivity contribution in [3.63, 3.8) is 0 Å². The Balaban J connectivity index is 1.25. The van der Waals surface area contributed by atoms with Crippen molar-refractivity contribution in [3.05, 3.63) is 47.9 Å². The summed E-state index contributed by atoms with van der Waals surface area (Å²) < 4.78 is 48.2. The zero-order valence-corrected chi connectivity index (χ0v) is 16.1. The van der Waals surface area contributed by atoms with E-state index in [0.29, 0.717) is 44.8 Å². The van der Waals surface area contributed by atoms with Crippen LogP contribution in [-0.2, 0) is 15.7 Å². The highest BCUT2D eigenvalue weighted by Gasteiger charge is 2.33. The first-order chi connectivity index (χ1) is 14.4. The van der Waals surface area contributed by atoms with Crippen LogP contribution in [0.2, 0.25) is 0 Å². The molecule has 7 nitrogen and oxygen atoms in total. The third-order valence-corrected chi connectivity index (χ3v) is 5.23. The quantitative estimate of drug-likeness (QED) is 0.772. The molecule has 2 aliphatic rings. The zero-order valence-electron chi connectivity index (χ0n) is 16.1. The lowest BCUT2D eigenvalue weighted by Crippen LogP contribution is -2.48. The van der Waals surface area contributed by atoms with Crippen molar-refractivity contribution in [2.45, 2.75) is 31.0 Å². The lowest BCUT2D eigenvalue weighted by Gasteiger charge is -2.40. The number of alkyl halides is 3. The number of nitrogens with one attached hydrogen (secondary N) is 1. The molecule has 0 aliphatic carbocycles. The van der Waals surface area contributed by atoms with Gasteiger partial charge in [0.2, 0.25) is 11.8 Å². The first kappa shape index (κ1) is 20.5. The molecule has 30 heavy (non-hydrogen) atoms. The predicted molar refractivity (Wildman–Crippen MR) is 99.8 cm³/mol. The van der Waals surface area contributed by atoms with Crippen LogP contribution in [0.25, 0.3) is 0 Å². The number of aromatic nitrogens is 2. The molecule has 1 amide bonds. The molecule has 1 N–H and O–H groups in total. The fraction of sp³-hybridized carbons (Fsp3) is 0.450. The Labute approximate surface area is 171 Å². The van der Waals surface area contributed by atoms with Crippen molar-refractivity contribution < 1.29 is 27.4 Å². The minimum absolute atomic E-state index is 0.0154. The average molecular weight is 422 g/mol. The van der Waals surface area contributed by atoms with Crippen LogP contribution < -0.4 is 10.1 Å². The summed E-state index contributed by atoms with van der Waals surface area (Å²) in [5, 5.41) is 3.19. The Hall–Kier alpha value is -2.72. The predicted octanol–water partition coefficient (Wildman–Crippen LogP) is 2.94. The van der Waals surface area contributed by atoms with Gasteiger partial charge >= 0.3 is 6.18 Å². The van der Waals surface area contributed by atoms with Gasteiger partial charge < -0.3 is 14.4 Å². The Kier molecular flexibility index (Phi) is 5.87. The third-order valence-electron chi connectivity index (χ3n) is 5.23. The second-order valence-electron chi connectivity index (χ2n) is 7.36. The van der Waals surface area contributed by atoms with Gasteiger partial charge in [0.05, 0.1) is 25.7 Å². The summed E-state index contributed by atoms with van der Waals surface area (Å²) >= 11 is 0. The average Bonchev–Trinajstić information content (AvgIpc) is 3.20. The highest BCUT2D eigenvalue weighted by atomic mass is 19.4. The van der Waals surface area contributed by atoms with E-state index in [1.54, 1.807) is 12.1 Å². The van der Waals surface area contributed by atoms with E-state index in [-0.39, 0.29) is 23.7 Å². The summed E-state index contributed by atoms with van der Waals surface area (Å²) in [6, 6.07) is 7.49. The van der Waals surface area contributed by atoms with Gasteiger partial charge in [0.1, 0.15) is 5.75 Å². The summed E-state index contributed by atoms with van der Waals surface area (Å²) in [7, 11) is 0. The van der Waals surface area contributed by atoms with E-state index in [1.807, 2.05) is 17.0 Å². The molecule has 160 valence electrons. The van der Waals surface area contributed by atoms with Crippen LogP contribution in [0.1, 0.15) is 30.0 Å². The van der Waals surface area contributed by atoms with E-state index in [9.17, 15) is 18.0 Å². The Morgan fingerprint density at radius 2 is 1.97 bits per heavy atom. The molecule has 0 radical (unpaired) electrons. The van der Waals surface area contributed by atoms with Crippen molar-refractivity contribution in [1.29, 1.82) is 0 Å². The first-order valence-corrected chi connectivity index (χ1v) is 9.64. The molecule has 0 spiro atoms. The van der Waals surface area contributed by atoms with E-state index >= 15 is 0 Å². The van der Waals surface area contributed by atoms with Gasteiger partial charge in [-0.15, -0.1) is 0 Å². The Bertz CT molecular complexity index is 862. The maximum absolute atomic E-state index is 12.5. The largest absolute Gasteiger partial charge is 0.438 e. The molecule has 1 aromatic carbocycles. The molecular formula is C20H21F3N4O3. The first-order valence-electron chi connectivity index (χ1n) is 9.64. The van der Waals surface area contributed by atoms with Crippen LogP contribution >= 0.6 is 0 Å². The number of rotatable bonds is 6. The summed E-state index contributed by atoms with van der Waals surface area (Å²) in [4.78, 5) is 21.1. The second-order valence-corrected chi connectivity index (χ2v) is 7.36. The summed E-state index contributed by atoms with van der Waals surface area (Å²) in [6.07, 6.45) is -1.67. The number of ether oxygens (including phenoxy) is 2. The van der Waals surface area contributed by atoms with Crippen LogP contribution in [0.3, 0.4) is 0 Å². The van der Waals surface area contributed by atoms with Gasteiger partial charge in [0.15, 0.2) is 5.69 Å². The number of nitrogens with zero attached hydrogens (tertiary/aromatic N) is 3. The molecule has 2 fully saturated rings. The topological polar surface area (TPSA) is 76.6 Å². The van der Waals surface area contributed by atoms with Crippen LogP contribution in [0.15, 0.2) is 36.7 Å². The van der Waals surface area contributed by atoms with Gasteiger partial charge in [0, 0.05) is 31.5 Å². The molecule has 1 atom stereocenters. The standard InChI is InChI=1S/C20H21F3N4O3/c21-20(22,23)17-7-25-18(8-24-17)30-16-4-1-13(2-5-16)14-9-27(10-14)19(28)6-3-15-11-29-12-26-15/h1-2,4-5,7-8,14-15,26H,3,6,9-12H2/t15-/m1/s1. The molecule has 2 saturated heterocycles. The van der Waals surface area contributed by atoms with Crippen LogP contribution in [0, 0.1) is 0 Å². The number of likely N-dealkylation sites (tertiary alicyclic amines) is 1. The highest BCUT2D eigenvalue weighted by Crippen LogP contribution is 2.31. The highest BCUT2D eigenvalue weighted by molar-refractivity contribution is 5.77. The SMILES string of the molecule is O=C(CC[C@@H]1COCN1)N1CC(c2ccc(Oc3cnc(C(F)(F)F)cn3)cc2)C1. The Morgan fingerprint density at radius 3 is 2.57 bits per heavy atom. The third kappa shape index (κ3) is 4.88. The molecule has 2 aliphatic heterocycles. The van der Waals surface area contributed by atoms with Gasteiger partial charge in [-0.3, -0.25) is 10.1 Å². The second kappa shape index (κ2) is 8.57. The molecule has 0 bridgehead atoms. The van der Waals surface area contributed by atoms with Gasteiger partial charge in [-0.25, -0.2) is 9.97 Å². The van der Waals surface area contributed by atoms with Gasteiger partial charge in [-0.1, -0.05) is 12.1 Å². The van der Waals surface area contributed by atoms with Crippen LogP contribution in [0.4, 0.5) is 13.2 Å². The van der Waals surface area contributed by atoms with Crippen LogP contribution in [0.5, 0.6) is 11.6 Å². The molecular weight excluding hydrogens is 401 g/mol. The number of hydrogen-bond acceptors (Lipinski definition) is 6. The lowest BCUT2D eigenvalue weighted by molar-refractivity contribution is -0.141. The minimum Gasteiger partial charge on any atom is -0.438 e. The number of amides is 1. The van der Waals surface area contributed by atoms with Gasteiger partial charge in [0.25, 0.3) is 0 Å². The summed E-state index contributed by atoms with van der Waals surface area (Å²) in [5.74, 6) is 0.854. The maximum atomic E-state index is 12.5. The fourth-order valence-electron chi connectivity index (χ4n) is 3.42. The molecule has 3 heterocycles. The van der Waals surface area contributed by atoms with Crippen molar-refractivity contribution in [2.24, 2.45) is 0 Å². The van der Waals surface area contributed by atoms with E-state index in [1.165, 1.54) is 0 Å². The smallest absolute Gasteiger partial charge is 0.434 e. The van der Waals surface area contributed by atoms with E-state index in [0.717, 1.165) is 18.2 Å². The van der Waals surface area contributed by atoms with Gasteiger partial charge in [-0.2, -0.15) is 13.2 Å².